The number of fused-ring (bicyclic) bond motifs is 1. The van der Waals surface area contributed by atoms with Gasteiger partial charge in [-0.05, 0) is 38.3 Å². The molecule has 0 bridgehead atoms. The van der Waals surface area contributed by atoms with E-state index in [4.69, 9.17) is 4.74 Å². The van der Waals surface area contributed by atoms with E-state index in [1.165, 1.54) is 5.56 Å². The van der Waals surface area contributed by atoms with Crippen molar-refractivity contribution >= 4 is 11.6 Å². The van der Waals surface area contributed by atoms with Gasteiger partial charge in [0.1, 0.15) is 0 Å². The number of methoxy groups -OCH3 is 1. The molecule has 0 amide bonds. The topological polar surface area (TPSA) is 69.0 Å². The number of hydrogen-bond acceptors (Lipinski definition) is 5. The van der Waals surface area contributed by atoms with Crippen LogP contribution in [0.4, 0.5) is 11.6 Å². The quantitative estimate of drug-likeness (QED) is 0.769. The van der Waals surface area contributed by atoms with Crippen LogP contribution in [0.25, 0.3) is 0 Å². The Bertz CT molecular complexity index is 1040. The number of anilines is 2. The predicted octanol–water partition coefficient (Wildman–Crippen LogP) is 3.54. The molecule has 0 fully saturated rings. The summed E-state index contributed by atoms with van der Waals surface area (Å²) in [5.41, 5.74) is 4.52. The van der Waals surface area contributed by atoms with Gasteiger partial charge in [-0.3, -0.25) is 4.79 Å². The summed E-state index contributed by atoms with van der Waals surface area (Å²) in [6, 6.07) is 14.1. The van der Waals surface area contributed by atoms with Gasteiger partial charge in [0, 0.05) is 17.3 Å². The first-order chi connectivity index (χ1) is 13.1. The largest absolute Gasteiger partial charge is 0.481 e. The highest BCUT2D eigenvalue weighted by molar-refractivity contribution is 5.59. The molecule has 1 aromatic carbocycles. The Balaban J connectivity index is 1.79. The number of ether oxygens (including phenoxy) is 1. The Labute approximate surface area is 157 Å². The first kappa shape index (κ1) is 17.3. The molecule has 1 N–H and O–H groups in total. The number of rotatable bonds is 4. The fourth-order valence-electron chi connectivity index (χ4n) is 3.71. The molecule has 0 saturated heterocycles. The molecule has 1 atom stereocenters. The lowest BCUT2D eigenvalue weighted by atomic mass is 10.1. The third kappa shape index (κ3) is 3.18. The van der Waals surface area contributed by atoms with Crippen LogP contribution < -0.4 is 15.6 Å². The third-order valence-corrected chi connectivity index (χ3v) is 5.01. The lowest BCUT2D eigenvalue weighted by Gasteiger charge is -2.21. The standard InChI is InChI=1S/C21H22N4O2/c1-13-11-17(14(2)22-20(13)27-3)23-21-24-19(26)12-16-9-10-18(25(16)21)15-7-5-4-6-8-15/h4-8,11-12,18H,9-10H2,1-3H3,(H,23,24,26). The van der Waals surface area contributed by atoms with E-state index in [-0.39, 0.29) is 11.6 Å². The molecule has 3 heterocycles. The Morgan fingerprint density at radius 1 is 1.15 bits per heavy atom. The molecule has 4 rings (SSSR count). The second-order valence-corrected chi connectivity index (χ2v) is 6.82. The summed E-state index contributed by atoms with van der Waals surface area (Å²) in [4.78, 5) is 20.9. The highest BCUT2D eigenvalue weighted by Gasteiger charge is 2.26. The summed E-state index contributed by atoms with van der Waals surface area (Å²) in [5, 5.41) is 3.34. The maximum absolute atomic E-state index is 12.1. The lowest BCUT2D eigenvalue weighted by molar-refractivity contribution is 0.394. The van der Waals surface area contributed by atoms with Gasteiger partial charge in [0.05, 0.1) is 24.5 Å². The molecule has 1 unspecified atom stereocenters. The molecule has 1 aliphatic rings. The minimum atomic E-state index is -0.228. The molecule has 0 aliphatic carbocycles. The Morgan fingerprint density at radius 3 is 2.67 bits per heavy atom. The molecule has 1 aliphatic heterocycles. The van der Waals surface area contributed by atoms with E-state index in [1.807, 2.05) is 38.1 Å². The van der Waals surface area contributed by atoms with Crippen LogP contribution in [-0.4, -0.2) is 21.6 Å². The molecule has 2 aromatic heterocycles. The Hall–Kier alpha value is -3.15. The number of nitrogens with zero attached hydrogens (tertiary/aromatic N) is 3. The van der Waals surface area contributed by atoms with Gasteiger partial charge in [-0.2, -0.15) is 4.98 Å². The van der Waals surface area contributed by atoms with Gasteiger partial charge >= 0.3 is 0 Å². The molecule has 0 saturated carbocycles. The van der Waals surface area contributed by atoms with Gasteiger partial charge in [0.15, 0.2) is 0 Å². The Kier molecular flexibility index (Phi) is 4.39. The van der Waals surface area contributed by atoms with Crippen LogP contribution in [0, 0.1) is 13.8 Å². The van der Waals surface area contributed by atoms with Crippen molar-refractivity contribution in [3.8, 4) is 5.88 Å². The fraction of sp³-hybridized carbons (Fsp3) is 0.286. The van der Waals surface area contributed by atoms with E-state index < -0.39 is 0 Å². The zero-order valence-electron chi connectivity index (χ0n) is 15.7. The van der Waals surface area contributed by atoms with Crippen molar-refractivity contribution in [2.75, 3.05) is 12.4 Å². The van der Waals surface area contributed by atoms with Crippen LogP contribution in [0.1, 0.15) is 35.0 Å². The first-order valence-electron chi connectivity index (χ1n) is 9.03. The number of pyridine rings is 1. The number of aryl methyl sites for hydroxylation is 3. The van der Waals surface area contributed by atoms with E-state index in [2.05, 4.69) is 32.0 Å². The van der Waals surface area contributed by atoms with Crippen molar-refractivity contribution in [1.82, 2.24) is 14.5 Å². The van der Waals surface area contributed by atoms with Crippen molar-refractivity contribution in [2.24, 2.45) is 0 Å². The molecule has 6 nitrogen and oxygen atoms in total. The zero-order chi connectivity index (χ0) is 19.0. The number of aromatic nitrogens is 3. The summed E-state index contributed by atoms with van der Waals surface area (Å²) >= 11 is 0. The monoisotopic (exact) mass is 362 g/mol. The fourth-order valence-corrected chi connectivity index (χ4v) is 3.71. The van der Waals surface area contributed by atoms with Gasteiger partial charge in [0.2, 0.25) is 11.8 Å². The second kappa shape index (κ2) is 6.87. The van der Waals surface area contributed by atoms with Gasteiger partial charge < -0.3 is 14.6 Å². The van der Waals surface area contributed by atoms with E-state index in [9.17, 15) is 4.79 Å². The van der Waals surface area contributed by atoms with Gasteiger partial charge in [-0.25, -0.2) is 4.98 Å². The van der Waals surface area contributed by atoms with Crippen molar-refractivity contribution < 1.29 is 4.74 Å². The van der Waals surface area contributed by atoms with Crippen LogP contribution in [0.15, 0.2) is 47.3 Å². The lowest BCUT2D eigenvalue weighted by Crippen LogP contribution is -2.19. The molecule has 27 heavy (non-hydrogen) atoms. The minimum Gasteiger partial charge on any atom is -0.481 e. The zero-order valence-corrected chi connectivity index (χ0v) is 15.7. The van der Waals surface area contributed by atoms with Gasteiger partial charge in [-0.1, -0.05) is 30.3 Å². The summed E-state index contributed by atoms with van der Waals surface area (Å²) < 4.78 is 7.42. The van der Waals surface area contributed by atoms with Crippen molar-refractivity contribution in [2.45, 2.75) is 32.7 Å². The number of benzene rings is 1. The molecular formula is C21H22N4O2. The second-order valence-electron chi connectivity index (χ2n) is 6.82. The minimum absolute atomic E-state index is 0.157. The van der Waals surface area contributed by atoms with Crippen LogP contribution >= 0.6 is 0 Å². The molecule has 138 valence electrons. The highest BCUT2D eigenvalue weighted by atomic mass is 16.5. The smallest absolute Gasteiger partial charge is 0.274 e. The van der Waals surface area contributed by atoms with E-state index in [0.717, 1.165) is 35.5 Å². The third-order valence-electron chi connectivity index (χ3n) is 5.01. The molecule has 0 spiro atoms. The van der Waals surface area contributed by atoms with Crippen molar-refractivity contribution in [3.05, 3.63) is 75.3 Å². The van der Waals surface area contributed by atoms with E-state index in [1.54, 1.807) is 13.2 Å². The highest BCUT2D eigenvalue weighted by Crippen LogP contribution is 2.35. The summed E-state index contributed by atoms with van der Waals surface area (Å²) in [7, 11) is 1.61. The van der Waals surface area contributed by atoms with Crippen LogP contribution in [0.3, 0.4) is 0 Å². The molecule has 3 aromatic rings. The maximum Gasteiger partial charge on any atom is 0.274 e. The number of nitrogens with one attached hydrogen (secondary N) is 1. The molecule has 0 radical (unpaired) electrons. The molecule has 6 heteroatoms. The van der Waals surface area contributed by atoms with Gasteiger partial charge in [-0.15, -0.1) is 0 Å². The summed E-state index contributed by atoms with van der Waals surface area (Å²) in [6.07, 6.45) is 1.80. The van der Waals surface area contributed by atoms with E-state index >= 15 is 0 Å². The SMILES string of the molecule is COc1nc(C)c(Nc2nc(=O)cc3n2C(c2ccccc2)CC3)cc1C. The molecular weight excluding hydrogens is 340 g/mol. The number of hydrogen-bond donors (Lipinski definition) is 1. The average molecular weight is 362 g/mol. The van der Waals surface area contributed by atoms with Crippen LogP contribution in [-0.2, 0) is 6.42 Å². The van der Waals surface area contributed by atoms with Gasteiger partial charge in [0.25, 0.3) is 5.56 Å². The first-order valence-corrected chi connectivity index (χ1v) is 9.03. The van der Waals surface area contributed by atoms with E-state index in [0.29, 0.717) is 11.8 Å². The summed E-state index contributed by atoms with van der Waals surface area (Å²) in [6.45, 7) is 3.85. The predicted molar refractivity (Wildman–Crippen MR) is 105 cm³/mol. The normalized spacial score (nSPS) is 15.4. The van der Waals surface area contributed by atoms with Crippen molar-refractivity contribution in [1.29, 1.82) is 0 Å². The average Bonchev–Trinajstić information content (AvgIpc) is 3.09. The van der Waals surface area contributed by atoms with Crippen molar-refractivity contribution in [3.63, 3.8) is 0 Å². The maximum atomic E-state index is 12.1. The van der Waals surface area contributed by atoms with Crippen LogP contribution in [0.2, 0.25) is 0 Å². The van der Waals surface area contributed by atoms with Crippen LogP contribution in [0.5, 0.6) is 5.88 Å². The summed E-state index contributed by atoms with van der Waals surface area (Å²) in [5.74, 6) is 1.15. The Morgan fingerprint density at radius 2 is 1.93 bits per heavy atom.